The summed E-state index contributed by atoms with van der Waals surface area (Å²) < 4.78 is 5.08. The molecule has 5 rings (SSSR count). The van der Waals surface area contributed by atoms with Crippen molar-refractivity contribution in [3.8, 4) is 5.69 Å². The zero-order valence-electron chi connectivity index (χ0n) is 18.3. The van der Waals surface area contributed by atoms with Crippen LogP contribution in [0.4, 0.5) is 5.69 Å². The van der Waals surface area contributed by atoms with Gasteiger partial charge in [-0.1, -0.05) is 42.1 Å². The number of nitrogens with one attached hydrogen (secondary N) is 1. The molecule has 3 aromatic heterocycles. The van der Waals surface area contributed by atoms with Crippen LogP contribution in [0.15, 0.2) is 64.5 Å². The first-order valence-electron chi connectivity index (χ1n) is 10.3. The van der Waals surface area contributed by atoms with Crippen molar-refractivity contribution in [3.63, 3.8) is 0 Å². The Kier molecular flexibility index (Phi) is 5.21. The van der Waals surface area contributed by atoms with Gasteiger partial charge in [-0.05, 0) is 38.1 Å². The fourth-order valence-corrected chi connectivity index (χ4v) is 4.59. The zero-order chi connectivity index (χ0) is 23.1. The number of anilines is 1. The molecule has 0 aliphatic carbocycles. The Hall–Kier alpha value is -3.92. The molecule has 0 spiro atoms. The average molecular weight is 460 g/mol. The van der Waals surface area contributed by atoms with Gasteiger partial charge in [-0.15, -0.1) is 10.2 Å². The lowest BCUT2D eigenvalue weighted by atomic mass is 10.2. The average Bonchev–Trinajstić information content (AvgIpc) is 3.38. The fourth-order valence-electron chi connectivity index (χ4n) is 3.85. The number of carbonyl (C=O) groups is 1. The largest absolute Gasteiger partial charge is 0.322 e. The molecule has 10 heteroatoms. The van der Waals surface area contributed by atoms with Gasteiger partial charge in [-0.2, -0.15) is 5.10 Å². The molecule has 1 N–H and O–H groups in total. The maximum absolute atomic E-state index is 12.8. The summed E-state index contributed by atoms with van der Waals surface area (Å²) in [6, 6.07) is 17.1. The lowest BCUT2D eigenvalue weighted by molar-refractivity contribution is -0.113. The van der Waals surface area contributed by atoms with Crippen LogP contribution >= 0.6 is 11.8 Å². The van der Waals surface area contributed by atoms with Crippen molar-refractivity contribution >= 4 is 40.0 Å². The number of nitrogens with zero attached hydrogens (tertiary/aromatic N) is 6. The van der Waals surface area contributed by atoms with Crippen molar-refractivity contribution in [3.05, 3.63) is 76.3 Å². The van der Waals surface area contributed by atoms with Gasteiger partial charge in [0.1, 0.15) is 0 Å². The van der Waals surface area contributed by atoms with E-state index in [4.69, 9.17) is 0 Å². The van der Waals surface area contributed by atoms with Crippen LogP contribution in [0, 0.1) is 13.8 Å². The van der Waals surface area contributed by atoms with Crippen LogP contribution in [0.25, 0.3) is 22.4 Å². The van der Waals surface area contributed by atoms with Crippen molar-refractivity contribution in [1.29, 1.82) is 0 Å². The maximum Gasteiger partial charge on any atom is 0.262 e. The monoisotopic (exact) mass is 459 g/mol. The van der Waals surface area contributed by atoms with Gasteiger partial charge in [0.25, 0.3) is 5.56 Å². The molecule has 1 amide bonds. The van der Waals surface area contributed by atoms with E-state index >= 15 is 0 Å². The molecular formula is C23H21N7O2S. The second kappa shape index (κ2) is 8.21. The van der Waals surface area contributed by atoms with Crippen LogP contribution in [0.5, 0.6) is 0 Å². The smallest absolute Gasteiger partial charge is 0.262 e. The molecular weight excluding hydrogens is 438 g/mol. The molecule has 0 saturated heterocycles. The molecule has 3 heterocycles. The third-order valence-corrected chi connectivity index (χ3v) is 6.41. The predicted octanol–water partition coefficient (Wildman–Crippen LogP) is 3.11. The van der Waals surface area contributed by atoms with E-state index in [1.165, 1.54) is 16.3 Å². The van der Waals surface area contributed by atoms with Gasteiger partial charge in [-0.25, -0.2) is 4.68 Å². The van der Waals surface area contributed by atoms with E-state index in [1.807, 2.05) is 67.1 Å². The van der Waals surface area contributed by atoms with Crippen molar-refractivity contribution in [1.82, 2.24) is 28.9 Å². The summed E-state index contributed by atoms with van der Waals surface area (Å²) in [5.74, 6) is 0.384. The minimum Gasteiger partial charge on any atom is -0.322 e. The lowest BCUT2D eigenvalue weighted by Crippen LogP contribution is -2.20. The topological polar surface area (TPSA) is 99.1 Å². The molecule has 0 atom stereocenters. The van der Waals surface area contributed by atoms with Gasteiger partial charge >= 0.3 is 0 Å². The Labute approximate surface area is 193 Å². The standard InChI is InChI=1S/C23H21N7O2S/c1-14-20(15(2)30(27-14)16-9-5-4-6-10-16)24-19(31)13-33-23-26-25-22-28(3)21(32)17-11-7-8-12-18(17)29(22)23/h4-12H,13H2,1-3H3,(H,24,31). The minimum atomic E-state index is -0.176. The Balaban J connectivity index is 1.40. The maximum atomic E-state index is 12.8. The SMILES string of the molecule is Cc1nn(-c2ccccc2)c(C)c1NC(=O)CSc1nnc2n(C)c(=O)c3ccccc3n12. The van der Waals surface area contributed by atoms with Gasteiger partial charge in [0.15, 0.2) is 5.16 Å². The Bertz CT molecular complexity index is 1570. The Morgan fingerprint density at radius 1 is 1.03 bits per heavy atom. The number of aromatic nitrogens is 6. The first kappa shape index (κ1) is 21.0. The number of amides is 1. The van der Waals surface area contributed by atoms with Gasteiger partial charge in [0.05, 0.1) is 39.4 Å². The first-order valence-corrected chi connectivity index (χ1v) is 11.3. The quantitative estimate of drug-likeness (QED) is 0.406. The van der Waals surface area contributed by atoms with Crippen molar-refractivity contribution in [2.45, 2.75) is 19.0 Å². The Morgan fingerprint density at radius 3 is 2.55 bits per heavy atom. The van der Waals surface area contributed by atoms with Crippen LogP contribution in [0.2, 0.25) is 0 Å². The molecule has 0 bridgehead atoms. The summed E-state index contributed by atoms with van der Waals surface area (Å²) in [4.78, 5) is 25.4. The zero-order valence-corrected chi connectivity index (χ0v) is 19.1. The predicted molar refractivity (Wildman–Crippen MR) is 128 cm³/mol. The number of hydrogen-bond donors (Lipinski definition) is 1. The van der Waals surface area contributed by atoms with E-state index in [0.29, 0.717) is 27.5 Å². The van der Waals surface area contributed by atoms with Crippen LogP contribution in [0.3, 0.4) is 0 Å². The fraction of sp³-hybridized carbons (Fsp3) is 0.174. The second-order valence-electron chi connectivity index (χ2n) is 7.63. The highest BCUT2D eigenvalue weighted by molar-refractivity contribution is 7.99. The van der Waals surface area contributed by atoms with Crippen molar-refractivity contribution in [2.75, 3.05) is 11.1 Å². The van der Waals surface area contributed by atoms with Crippen molar-refractivity contribution < 1.29 is 4.79 Å². The van der Waals surface area contributed by atoms with Gasteiger partial charge in [-0.3, -0.25) is 18.6 Å². The third kappa shape index (κ3) is 3.58. The Morgan fingerprint density at radius 2 is 1.76 bits per heavy atom. The summed E-state index contributed by atoms with van der Waals surface area (Å²) in [7, 11) is 1.66. The number of rotatable bonds is 5. The van der Waals surface area contributed by atoms with E-state index in [2.05, 4.69) is 20.6 Å². The lowest BCUT2D eigenvalue weighted by Gasteiger charge is -2.08. The molecule has 0 unspecified atom stereocenters. The number of fused-ring (bicyclic) bond motifs is 3. The highest BCUT2D eigenvalue weighted by atomic mass is 32.2. The normalized spacial score (nSPS) is 11.4. The van der Waals surface area contributed by atoms with E-state index in [9.17, 15) is 9.59 Å². The van der Waals surface area contributed by atoms with Crippen LogP contribution < -0.4 is 10.9 Å². The summed E-state index contributed by atoms with van der Waals surface area (Å²) in [5.41, 5.74) is 3.79. The number of carbonyl (C=O) groups excluding carboxylic acids is 1. The number of benzene rings is 2. The highest BCUT2D eigenvalue weighted by Crippen LogP contribution is 2.25. The summed E-state index contributed by atoms with van der Waals surface area (Å²) >= 11 is 1.26. The van der Waals surface area contributed by atoms with Gasteiger partial charge in [0.2, 0.25) is 11.7 Å². The summed E-state index contributed by atoms with van der Waals surface area (Å²) in [5, 5.41) is 17.1. The van der Waals surface area contributed by atoms with Crippen LogP contribution in [0.1, 0.15) is 11.4 Å². The molecule has 0 aliphatic rings. The molecule has 5 aromatic rings. The van der Waals surface area contributed by atoms with Crippen LogP contribution in [-0.4, -0.2) is 40.6 Å². The van der Waals surface area contributed by atoms with Crippen LogP contribution in [-0.2, 0) is 11.8 Å². The van der Waals surface area contributed by atoms with E-state index in [-0.39, 0.29) is 17.2 Å². The number of para-hydroxylation sites is 2. The molecule has 0 saturated carbocycles. The number of hydrogen-bond acceptors (Lipinski definition) is 6. The number of aryl methyl sites for hydroxylation is 2. The molecule has 0 radical (unpaired) electrons. The minimum absolute atomic E-state index is 0.132. The second-order valence-corrected chi connectivity index (χ2v) is 8.57. The highest BCUT2D eigenvalue weighted by Gasteiger charge is 2.18. The molecule has 2 aromatic carbocycles. The summed E-state index contributed by atoms with van der Waals surface area (Å²) in [6.07, 6.45) is 0. The number of thioether (sulfide) groups is 1. The molecule has 0 aliphatic heterocycles. The summed E-state index contributed by atoms with van der Waals surface area (Å²) in [6.45, 7) is 3.79. The van der Waals surface area contributed by atoms with Gasteiger partial charge < -0.3 is 5.32 Å². The van der Waals surface area contributed by atoms with E-state index in [1.54, 1.807) is 17.5 Å². The molecule has 33 heavy (non-hydrogen) atoms. The third-order valence-electron chi connectivity index (χ3n) is 5.49. The first-order chi connectivity index (χ1) is 16.0. The van der Waals surface area contributed by atoms with E-state index < -0.39 is 0 Å². The van der Waals surface area contributed by atoms with Crippen molar-refractivity contribution in [2.24, 2.45) is 7.05 Å². The molecule has 0 fully saturated rings. The van der Waals surface area contributed by atoms with E-state index in [0.717, 1.165) is 17.1 Å². The molecule has 166 valence electrons. The molecule has 9 nitrogen and oxygen atoms in total. The van der Waals surface area contributed by atoms with Gasteiger partial charge in [0, 0.05) is 7.05 Å².